The van der Waals surface area contributed by atoms with Gasteiger partial charge >= 0.3 is 0 Å². The number of aromatic nitrogens is 1. The number of hydrogen-bond acceptors (Lipinski definition) is 2. The Kier molecular flexibility index (Phi) is 7.10. The molecule has 1 N–H and O–H groups in total. The maximum absolute atomic E-state index is 3.71. The van der Waals surface area contributed by atoms with Crippen molar-refractivity contribution in [1.29, 1.82) is 0 Å². The van der Waals surface area contributed by atoms with E-state index in [-0.39, 0.29) is 0 Å². The predicted molar refractivity (Wildman–Crippen MR) is 74.0 cm³/mol. The molecule has 0 unspecified atom stereocenters. The van der Waals surface area contributed by atoms with Gasteiger partial charge in [-0.3, -0.25) is 0 Å². The maximum atomic E-state index is 3.71. The van der Waals surface area contributed by atoms with Gasteiger partial charge in [-0.15, -0.1) is 6.58 Å². The average molecular weight is 238 g/mol. The molecule has 0 aliphatic rings. The molecule has 1 aromatic heterocycles. The van der Waals surface area contributed by atoms with Crippen molar-refractivity contribution in [2.45, 2.75) is 26.4 Å². The number of hydrogen-bond donors (Lipinski definition) is 1. The van der Waals surface area contributed by atoms with Crippen LogP contribution in [0.2, 0.25) is 0 Å². The van der Waals surface area contributed by atoms with Crippen LogP contribution in [0.5, 0.6) is 0 Å². The molecule has 1 aromatic rings. The number of nitrogens with zero attached hydrogens (tertiary/aromatic N) is 1. The van der Waals surface area contributed by atoms with Gasteiger partial charge < -0.3 is 9.88 Å². The molecule has 0 saturated heterocycles. The van der Waals surface area contributed by atoms with Gasteiger partial charge in [0.2, 0.25) is 0 Å². The van der Waals surface area contributed by atoms with E-state index in [1.165, 1.54) is 12.1 Å². The number of rotatable bonds is 9. The van der Waals surface area contributed by atoms with Crippen LogP contribution in [0.15, 0.2) is 31.0 Å². The molecule has 0 spiro atoms. The first-order valence-corrected chi connectivity index (χ1v) is 7.07. The molecule has 0 aromatic carbocycles. The second-order valence-corrected chi connectivity index (χ2v) is 4.88. The van der Waals surface area contributed by atoms with Crippen LogP contribution in [0.1, 0.15) is 19.0 Å². The van der Waals surface area contributed by atoms with E-state index < -0.39 is 0 Å². The average Bonchev–Trinajstić information content (AvgIpc) is 2.72. The highest BCUT2D eigenvalue weighted by molar-refractivity contribution is 7.99. The molecule has 0 amide bonds. The molecule has 0 radical (unpaired) electrons. The van der Waals surface area contributed by atoms with Crippen LogP contribution in [0.25, 0.3) is 0 Å². The molecule has 90 valence electrons. The molecule has 1 heterocycles. The van der Waals surface area contributed by atoms with Crippen LogP contribution in [0.3, 0.4) is 0 Å². The zero-order valence-electron chi connectivity index (χ0n) is 10.1. The molecule has 16 heavy (non-hydrogen) atoms. The third-order valence-corrected chi connectivity index (χ3v) is 3.32. The van der Waals surface area contributed by atoms with E-state index in [9.17, 15) is 0 Å². The molecule has 3 heteroatoms. The minimum atomic E-state index is 0.974. The molecule has 0 atom stereocenters. The molecule has 0 bridgehead atoms. The Morgan fingerprint density at radius 1 is 1.56 bits per heavy atom. The summed E-state index contributed by atoms with van der Waals surface area (Å²) < 4.78 is 2.32. The summed E-state index contributed by atoms with van der Waals surface area (Å²) in [5.74, 6) is 2.20. The highest BCUT2D eigenvalue weighted by Gasteiger charge is 1.98. The van der Waals surface area contributed by atoms with Crippen LogP contribution in [-0.4, -0.2) is 22.6 Å². The van der Waals surface area contributed by atoms with Gasteiger partial charge in [0.25, 0.3) is 0 Å². The molecular weight excluding hydrogens is 216 g/mol. The topological polar surface area (TPSA) is 17.0 Å². The minimum absolute atomic E-state index is 0.974. The third kappa shape index (κ3) is 4.90. The fourth-order valence-electron chi connectivity index (χ4n) is 1.60. The lowest BCUT2D eigenvalue weighted by atomic mass is 10.4. The normalized spacial score (nSPS) is 10.6. The number of nitrogens with one attached hydrogen (secondary N) is 1. The van der Waals surface area contributed by atoms with Gasteiger partial charge in [-0.05, 0) is 18.6 Å². The van der Waals surface area contributed by atoms with Crippen molar-refractivity contribution in [3.8, 4) is 0 Å². The first-order chi connectivity index (χ1) is 7.88. The molecule has 0 aliphatic carbocycles. The monoisotopic (exact) mass is 238 g/mol. The van der Waals surface area contributed by atoms with Crippen LogP contribution < -0.4 is 5.32 Å². The quantitative estimate of drug-likeness (QED) is 0.526. The first kappa shape index (κ1) is 13.4. The van der Waals surface area contributed by atoms with Crippen molar-refractivity contribution in [3.05, 3.63) is 36.7 Å². The highest BCUT2D eigenvalue weighted by Crippen LogP contribution is 2.03. The third-order valence-electron chi connectivity index (χ3n) is 2.35. The fourth-order valence-corrected chi connectivity index (χ4v) is 2.22. The van der Waals surface area contributed by atoms with E-state index in [2.05, 4.69) is 41.7 Å². The van der Waals surface area contributed by atoms with Gasteiger partial charge in [0, 0.05) is 43.0 Å². The lowest BCUT2D eigenvalue weighted by Gasteiger charge is -2.08. The Hall–Kier alpha value is -0.670. The van der Waals surface area contributed by atoms with Gasteiger partial charge in [0.15, 0.2) is 0 Å². The molecule has 0 aliphatic heterocycles. The van der Waals surface area contributed by atoms with Crippen molar-refractivity contribution in [2.24, 2.45) is 0 Å². The first-order valence-electron chi connectivity index (χ1n) is 5.91. The second-order valence-electron chi connectivity index (χ2n) is 3.73. The van der Waals surface area contributed by atoms with Crippen molar-refractivity contribution >= 4 is 11.8 Å². The van der Waals surface area contributed by atoms with Crippen molar-refractivity contribution in [1.82, 2.24) is 9.88 Å². The van der Waals surface area contributed by atoms with E-state index in [0.717, 1.165) is 31.1 Å². The molecule has 0 saturated carbocycles. The minimum Gasteiger partial charge on any atom is -0.350 e. The summed E-state index contributed by atoms with van der Waals surface area (Å²) in [7, 11) is 0. The smallest absolute Gasteiger partial charge is 0.0359 e. The van der Waals surface area contributed by atoms with Gasteiger partial charge in [0.05, 0.1) is 0 Å². The largest absolute Gasteiger partial charge is 0.350 e. The molecule has 2 nitrogen and oxygen atoms in total. The van der Waals surface area contributed by atoms with Crippen LogP contribution >= 0.6 is 11.8 Å². The van der Waals surface area contributed by atoms with E-state index in [0.29, 0.717) is 0 Å². The Morgan fingerprint density at radius 2 is 2.44 bits per heavy atom. The summed E-state index contributed by atoms with van der Waals surface area (Å²) in [4.78, 5) is 0. The summed E-state index contributed by atoms with van der Waals surface area (Å²) in [6.45, 7) is 9.08. The lowest BCUT2D eigenvalue weighted by molar-refractivity contribution is 0.614. The van der Waals surface area contributed by atoms with Gasteiger partial charge in [0.1, 0.15) is 0 Å². The predicted octanol–water partition coefficient (Wildman–Crippen LogP) is 2.91. The number of thioether (sulfide) groups is 1. The van der Waals surface area contributed by atoms with Crippen LogP contribution in [0, 0.1) is 0 Å². The van der Waals surface area contributed by atoms with Crippen molar-refractivity contribution < 1.29 is 0 Å². The summed E-state index contributed by atoms with van der Waals surface area (Å²) >= 11 is 1.92. The molecule has 1 rings (SSSR count). The summed E-state index contributed by atoms with van der Waals surface area (Å²) in [6.07, 6.45) is 5.31. The maximum Gasteiger partial charge on any atom is 0.0359 e. The van der Waals surface area contributed by atoms with E-state index in [4.69, 9.17) is 0 Å². The second kappa shape index (κ2) is 8.48. The lowest BCUT2D eigenvalue weighted by Crippen LogP contribution is -2.18. The van der Waals surface area contributed by atoms with Gasteiger partial charge in [-0.2, -0.15) is 11.8 Å². The Morgan fingerprint density at radius 3 is 3.19 bits per heavy atom. The van der Waals surface area contributed by atoms with E-state index >= 15 is 0 Å². The Labute approximate surface area is 103 Å². The highest BCUT2D eigenvalue weighted by atomic mass is 32.2. The summed E-state index contributed by atoms with van der Waals surface area (Å²) in [5.41, 5.74) is 1.38. The summed E-state index contributed by atoms with van der Waals surface area (Å²) in [6, 6.07) is 4.32. The van der Waals surface area contributed by atoms with Crippen molar-refractivity contribution in [2.75, 3.05) is 18.1 Å². The van der Waals surface area contributed by atoms with Gasteiger partial charge in [-0.25, -0.2) is 0 Å². The molecular formula is C13H22N2S. The van der Waals surface area contributed by atoms with Crippen LogP contribution in [0.4, 0.5) is 0 Å². The van der Waals surface area contributed by atoms with E-state index in [1.54, 1.807) is 0 Å². The van der Waals surface area contributed by atoms with Crippen LogP contribution in [-0.2, 0) is 13.1 Å². The fraction of sp³-hybridized carbons (Fsp3) is 0.538. The van der Waals surface area contributed by atoms with E-state index in [1.807, 2.05) is 17.8 Å². The zero-order chi connectivity index (χ0) is 11.6. The van der Waals surface area contributed by atoms with Gasteiger partial charge in [-0.1, -0.05) is 13.0 Å². The zero-order valence-corrected chi connectivity index (χ0v) is 10.9. The number of aryl methyl sites for hydroxylation is 1. The summed E-state index contributed by atoms with van der Waals surface area (Å²) in [5, 5.41) is 3.47. The Bertz CT molecular complexity index is 294. The molecule has 0 fully saturated rings. The SMILES string of the molecule is C=CCSCCNCc1cccn1CCC. The Balaban J connectivity index is 2.16. The van der Waals surface area contributed by atoms with Crippen molar-refractivity contribution in [3.63, 3.8) is 0 Å². The standard InChI is InChI=1S/C13H22N2S/c1-3-8-15-9-5-6-13(15)12-14-7-11-16-10-4-2/h4-6,9,14H,2-3,7-8,10-12H2,1H3.